The zero-order valence-corrected chi connectivity index (χ0v) is 19.4. The van der Waals surface area contributed by atoms with E-state index in [-0.39, 0.29) is 17.4 Å². The predicted molar refractivity (Wildman–Crippen MR) is 126 cm³/mol. The molecule has 7 heteroatoms. The van der Waals surface area contributed by atoms with Crippen molar-refractivity contribution in [2.45, 2.75) is 57.9 Å². The lowest BCUT2D eigenvalue weighted by molar-refractivity contribution is -0.384. The van der Waals surface area contributed by atoms with Crippen LogP contribution in [0.25, 0.3) is 0 Å². The van der Waals surface area contributed by atoms with E-state index in [1.54, 1.807) is 24.1 Å². The Bertz CT molecular complexity index is 967. The standard InChI is InChI=1S/C26H32N2O5/c1-19(29)27(16-15-21-9-6-10-24(17-21)33-2)26(22-11-13-23(14-12-22)28(31)32)25(30)18-20-7-4-3-5-8-20/h6,9-14,17,20,26H,3-5,7-8,15-16,18H2,1-2H3. The molecule has 0 aromatic heterocycles. The number of nitro groups is 1. The van der Waals surface area contributed by atoms with Crippen LogP contribution in [0, 0.1) is 16.0 Å². The topological polar surface area (TPSA) is 89.8 Å². The molecule has 176 valence electrons. The van der Waals surface area contributed by atoms with E-state index in [0.29, 0.717) is 30.9 Å². The second kappa shape index (κ2) is 11.6. The number of nitrogens with zero attached hydrogens (tertiary/aromatic N) is 2. The average Bonchev–Trinajstić information content (AvgIpc) is 2.82. The van der Waals surface area contributed by atoms with Crippen LogP contribution in [0.5, 0.6) is 5.75 Å². The molecule has 2 aromatic carbocycles. The van der Waals surface area contributed by atoms with Crippen LogP contribution in [0.4, 0.5) is 5.69 Å². The SMILES string of the molecule is COc1cccc(CCN(C(C)=O)C(C(=O)CC2CCCCC2)c2ccc([N+](=O)[O-])cc2)c1. The number of carbonyl (C=O) groups excluding carboxylic acids is 2. The number of Topliss-reactive ketones (excluding diaryl/α,β-unsaturated/α-hetero) is 1. The maximum Gasteiger partial charge on any atom is 0.269 e. The van der Waals surface area contributed by atoms with Gasteiger partial charge in [0.25, 0.3) is 5.69 Å². The highest BCUT2D eigenvalue weighted by molar-refractivity contribution is 5.89. The van der Waals surface area contributed by atoms with Crippen molar-refractivity contribution in [2.75, 3.05) is 13.7 Å². The number of amides is 1. The molecule has 0 heterocycles. The molecule has 1 amide bonds. The summed E-state index contributed by atoms with van der Waals surface area (Å²) in [4.78, 5) is 38.5. The maximum atomic E-state index is 13.5. The molecule has 0 aliphatic heterocycles. The lowest BCUT2D eigenvalue weighted by atomic mass is 9.83. The number of carbonyl (C=O) groups is 2. The lowest BCUT2D eigenvalue weighted by Gasteiger charge is -2.32. The van der Waals surface area contributed by atoms with Crippen molar-refractivity contribution in [1.82, 2.24) is 4.90 Å². The quantitative estimate of drug-likeness (QED) is 0.362. The van der Waals surface area contributed by atoms with Crippen LogP contribution in [-0.2, 0) is 16.0 Å². The minimum atomic E-state index is -0.754. The molecule has 1 atom stereocenters. The molecule has 7 nitrogen and oxygen atoms in total. The summed E-state index contributed by atoms with van der Waals surface area (Å²) in [6.07, 6.45) is 6.52. The lowest BCUT2D eigenvalue weighted by Crippen LogP contribution is -2.39. The molecule has 1 saturated carbocycles. The molecule has 3 rings (SSSR count). The van der Waals surface area contributed by atoms with Crippen molar-refractivity contribution >= 4 is 17.4 Å². The van der Waals surface area contributed by atoms with Gasteiger partial charge in [-0.2, -0.15) is 0 Å². The monoisotopic (exact) mass is 452 g/mol. The van der Waals surface area contributed by atoms with Crippen LogP contribution in [0.1, 0.15) is 62.6 Å². The van der Waals surface area contributed by atoms with Gasteiger partial charge in [-0.3, -0.25) is 19.7 Å². The molecule has 0 spiro atoms. The van der Waals surface area contributed by atoms with Gasteiger partial charge in [0.1, 0.15) is 11.8 Å². The summed E-state index contributed by atoms with van der Waals surface area (Å²) >= 11 is 0. The van der Waals surface area contributed by atoms with Gasteiger partial charge in [-0.25, -0.2) is 0 Å². The van der Waals surface area contributed by atoms with Crippen LogP contribution in [-0.4, -0.2) is 35.2 Å². The fraction of sp³-hybridized carbons (Fsp3) is 0.462. The van der Waals surface area contributed by atoms with Crippen molar-refractivity contribution in [3.63, 3.8) is 0 Å². The van der Waals surface area contributed by atoms with Gasteiger partial charge in [-0.05, 0) is 47.7 Å². The summed E-state index contributed by atoms with van der Waals surface area (Å²) in [7, 11) is 1.61. The minimum absolute atomic E-state index is 0.00315. The number of ether oxygens (including phenoxy) is 1. The number of rotatable bonds is 10. The van der Waals surface area contributed by atoms with E-state index >= 15 is 0 Å². The van der Waals surface area contributed by atoms with Gasteiger partial charge in [0, 0.05) is 32.0 Å². The first kappa shape index (κ1) is 24.4. The van der Waals surface area contributed by atoms with E-state index in [0.717, 1.165) is 37.0 Å². The number of benzene rings is 2. The molecule has 0 radical (unpaired) electrons. The number of ketones is 1. The van der Waals surface area contributed by atoms with Gasteiger partial charge < -0.3 is 9.64 Å². The predicted octanol–water partition coefficient (Wildman–Crippen LogP) is 5.28. The van der Waals surface area contributed by atoms with Gasteiger partial charge in [0.2, 0.25) is 5.91 Å². The Morgan fingerprint density at radius 3 is 2.42 bits per heavy atom. The first-order valence-corrected chi connectivity index (χ1v) is 11.6. The number of hydrogen-bond donors (Lipinski definition) is 0. The highest BCUT2D eigenvalue weighted by atomic mass is 16.6. The zero-order valence-electron chi connectivity index (χ0n) is 19.4. The molecular weight excluding hydrogens is 420 g/mol. The van der Waals surface area contributed by atoms with Crippen LogP contribution in [0.2, 0.25) is 0 Å². The maximum absolute atomic E-state index is 13.5. The van der Waals surface area contributed by atoms with Crippen molar-refractivity contribution < 1.29 is 19.2 Å². The van der Waals surface area contributed by atoms with Crippen molar-refractivity contribution in [1.29, 1.82) is 0 Å². The van der Waals surface area contributed by atoms with Crippen LogP contribution in [0.3, 0.4) is 0 Å². The second-order valence-corrected chi connectivity index (χ2v) is 8.74. The number of methoxy groups -OCH3 is 1. The molecule has 0 N–H and O–H groups in total. The average molecular weight is 453 g/mol. The largest absolute Gasteiger partial charge is 0.497 e. The third kappa shape index (κ3) is 6.63. The molecule has 33 heavy (non-hydrogen) atoms. The molecule has 1 unspecified atom stereocenters. The van der Waals surface area contributed by atoms with Crippen molar-refractivity contribution in [3.8, 4) is 5.75 Å². The van der Waals surface area contributed by atoms with E-state index in [9.17, 15) is 19.7 Å². The zero-order chi connectivity index (χ0) is 23.8. The smallest absolute Gasteiger partial charge is 0.269 e. The Balaban J connectivity index is 1.86. The third-order valence-electron chi connectivity index (χ3n) is 6.43. The van der Waals surface area contributed by atoms with Gasteiger partial charge >= 0.3 is 0 Å². The minimum Gasteiger partial charge on any atom is -0.497 e. The Kier molecular flexibility index (Phi) is 8.58. The summed E-state index contributed by atoms with van der Waals surface area (Å²) in [6, 6.07) is 12.9. The second-order valence-electron chi connectivity index (χ2n) is 8.74. The van der Waals surface area contributed by atoms with Gasteiger partial charge in [0.15, 0.2) is 5.78 Å². The molecule has 1 aliphatic rings. The fourth-order valence-electron chi connectivity index (χ4n) is 4.65. The molecule has 0 saturated heterocycles. The third-order valence-corrected chi connectivity index (χ3v) is 6.43. The first-order valence-electron chi connectivity index (χ1n) is 11.6. The summed E-state index contributed by atoms with van der Waals surface area (Å²) in [5.41, 5.74) is 1.58. The van der Waals surface area contributed by atoms with Gasteiger partial charge in [0.05, 0.1) is 12.0 Å². The van der Waals surface area contributed by atoms with E-state index in [1.807, 2.05) is 24.3 Å². The van der Waals surface area contributed by atoms with Crippen molar-refractivity contribution in [3.05, 3.63) is 69.8 Å². The molecule has 1 aliphatic carbocycles. The van der Waals surface area contributed by atoms with Crippen molar-refractivity contribution in [2.24, 2.45) is 5.92 Å². The van der Waals surface area contributed by atoms with Gasteiger partial charge in [-0.1, -0.05) is 44.2 Å². The summed E-state index contributed by atoms with van der Waals surface area (Å²) < 4.78 is 5.29. The van der Waals surface area contributed by atoms with E-state index in [4.69, 9.17) is 4.74 Å². The van der Waals surface area contributed by atoms with E-state index in [1.165, 1.54) is 25.5 Å². The molecular formula is C26H32N2O5. The van der Waals surface area contributed by atoms with Crippen LogP contribution in [0.15, 0.2) is 48.5 Å². The molecule has 1 fully saturated rings. The number of nitro benzene ring substituents is 1. The van der Waals surface area contributed by atoms with E-state index in [2.05, 4.69) is 0 Å². The number of non-ortho nitro benzene ring substituents is 1. The highest BCUT2D eigenvalue weighted by Gasteiger charge is 2.31. The van der Waals surface area contributed by atoms with Crippen LogP contribution < -0.4 is 4.74 Å². The van der Waals surface area contributed by atoms with E-state index < -0.39 is 11.0 Å². The Hall–Kier alpha value is -3.22. The van der Waals surface area contributed by atoms with Crippen LogP contribution >= 0.6 is 0 Å². The first-order chi connectivity index (χ1) is 15.9. The Labute approximate surface area is 194 Å². The summed E-state index contributed by atoms with van der Waals surface area (Å²) in [5, 5.41) is 11.1. The normalized spacial score (nSPS) is 15.0. The Morgan fingerprint density at radius 2 is 1.82 bits per heavy atom. The number of hydrogen-bond acceptors (Lipinski definition) is 5. The summed E-state index contributed by atoms with van der Waals surface area (Å²) in [6.45, 7) is 1.83. The molecule has 2 aromatic rings. The Morgan fingerprint density at radius 1 is 1.12 bits per heavy atom. The molecule has 0 bridgehead atoms. The fourth-order valence-corrected chi connectivity index (χ4v) is 4.65. The van der Waals surface area contributed by atoms with Gasteiger partial charge in [-0.15, -0.1) is 0 Å². The highest BCUT2D eigenvalue weighted by Crippen LogP contribution is 2.32. The summed E-state index contributed by atoms with van der Waals surface area (Å²) in [5.74, 6) is 0.871.